The molecule has 0 bridgehead atoms. The number of hydrogen-bond acceptors (Lipinski definition) is 4. The van der Waals surface area contributed by atoms with Gasteiger partial charge in [0.2, 0.25) is 5.91 Å². The molecule has 0 aliphatic rings. The number of nitrogens with zero attached hydrogens (tertiary/aromatic N) is 1. The van der Waals surface area contributed by atoms with Gasteiger partial charge >= 0.3 is 0 Å². The second-order valence-corrected chi connectivity index (χ2v) is 3.42. The number of nitro benzene ring substituents is 1. The molecule has 7 heteroatoms. The maximum Gasteiger partial charge on any atom is 0.292 e. The number of amides is 1. The van der Waals surface area contributed by atoms with E-state index in [4.69, 9.17) is 21.8 Å². The first kappa shape index (κ1) is 10.4. The Balaban J connectivity index is 2.90. The van der Waals surface area contributed by atoms with Gasteiger partial charge in [-0.2, -0.15) is 0 Å². The Hall–Kier alpha value is -2.08. The van der Waals surface area contributed by atoms with Gasteiger partial charge in [0.25, 0.3) is 5.69 Å². The third-order valence-electron chi connectivity index (χ3n) is 2.12. The van der Waals surface area contributed by atoms with E-state index in [1.54, 1.807) is 0 Å². The average molecular weight is 241 g/mol. The first-order chi connectivity index (χ1) is 7.52. The van der Waals surface area contributed by atoms with Crippen LogP contribution in [-0.2, 0) is 0 Å². The summed E-state index contributed by atoms with van der Waals surface area (Å²) in [6.07, 6.45) is 1.28. The highest BCUT2D eigenvalue weighted by molar-refractivity contribution is 6.37. The molecule has 0 spiro atoms. The average Bonchev–Trinajstić information content (AvgIpc) is 2.66. The summed E-state index contributed by atoms with van der Waals surface area (Å²) >= 11 is 5.77. The zero-order valence-electron chi connectivity index (χ0n) is 7.77. The van der Waals surface area contributed by atoms with Gasteiger partial charge in [-0.3, -0.25) is 14.9 Å². The number of fused-ring (bicyclic) bond motifs is 1. The van der Waals surface area contributed by atoms with E-state index in [0.717, 1.165) is 6.07 Å². The number of primary amides is 1. The van der Waals surface area contributed by atoms with Crippen molar-refractivity contribution in [3.05, 3.63) is 39.1 Å². The molecule has 0 saturated carbocycles. The minimum absolute atomic E-state index is 0.0138. The molecule has 2 N–H and O–H groups in total. The van der Waals surface area contributed by atoms with Gasteiger partial charge in [-0.1, -0.05) is 11.6 Å². The Bertz CT molecular complexity index is 605. The van der Waals surface area contributed by atoms with Crippen LogP contribution in [0.1, 0.15) is 10.4 Å². The largest absolute Gasteiger partial charge is 0.462 e. The molecule has 1 aromatic carbocycles. The van der Waals surface area contributed by atoms with Gasteiger partial charge in [0.15, 0.2) is 10.6 Å². The molecular weight excluding hydrogens is 236 g/mol. The third kappa shape index (κ3) is 1.40. The second kappa shape index (κ2) is 3.49. The van der Waals surface area contributed by atoms with Gasteiger partial charge in [-0.05, 0) is 6.07 Å². The number of furan rings is 1. The molecule has 0 unspecified atom stereocenters. The van der Waals surface area contributed by atoms with Crippen LogP contribution in [-0.4, -0.2) is 10.8 Å². The molecule has 0 aliphatic heterocycles. The lowest BCUT2D eigenvalue weighted by molar-refractivity contribution is -0.384. The SMILES string of the molecule is NC(=O)c1cc([N+](=O)[O-])c(Cl)c2occc12. The van der Waals surface area contributed by atoms with Crippen molar-refractivity contribution in [2.24, 2.45) is 5.73 Å². The number of benzene rings is 1. The summed E-state index contributed by atoms with van der Waals surface area (Å²) in [5.74, 6) is -0.772. The van der Waals surface area contributed by atoms with Gasteiger partial charge in [-0.25, -0.2) is 0 Å². The topological polar surface area (TPSA) is 99.4 Å². The van der Waals surface area contributed by atoms with Crippen LogP contribution < -0.4 is 5.73 Å². The Morgan fingerprint density at radius 2 is 2.25 bits per heavy atom. The predicted molar refractivity (Wildman–Crippen MR) is 56.4 cm³/mol. The summed E-state index contributed by atoms with van der Waals surface area (Å²) in [7, 11) is 0. The second-order valence-electron chi connectivity index (χ2n) is 3.04. The van der Waals surface area contributed by atoms with Crippen molar-refractivity contribution in [3.63, 3.8) is 0 Å². The fourth-order valence-corrected chi connectivity index (χ4v) is 1.69. The van der Waals surface area contributed by atoms with Crippen molar-refractivity contribution in [1.29, 1.82) is 0 Å². The van der Waals surface area contributed by atoms with E-state index in [2.05, 4.69) is 0 Å². The fourth-order valence-electron chi connectivity index (χ4n) is 1.42. The molecule has 0 aliphatic carbocycles. The van der Waals surface area contributed by atoms with Crippen molar-refractivity contribution in [2.75, 3.05) is 0 Å². The van der Waals surface area contributed by atoms with Crippen LogP contribution in [0.4, 0.5) is 5.69 Å². The first-order valence-electron chi connectivity index (χ1n) is 4.16. The zero-order valence-corrected chi connectivity index (χ0v) is 8.52. The number of nitrogens with two attached hydrogens (primary N) is 1. The van der Waals surface area contributed by atoms with Crippen LogP contribution in [0.5, 0.6) is 0 Å². The predicted octanol–water partition coefficient (Wildman–Crippen LogP) is 2.09. The highest BCUT2D eigenvalue weighted by Crippen LogP contribution is 2.35. The minimum atomic E-state index is -0.772. The summed E-state index contributed by atoms with van der Waals surface area (Å²) in [6.45, 7) is 0. The molecule has 1 heterocycles. The van der Waals surface area contributed by atoms with Crippen LogP contribution in [0.2, 0.25) is 5.02 Å². The Labute approximate surface area is 93.7 Å². The molecule has 0 radical (unpaired) electrons. The molecular formula is C9H5ClN2O4. The number of rotatable bonds is 2. The molecule has 0 fully saturated rings. The van der Waals surface area contributed by atoms with E-state index in [0.29, 0.717) is 5.39 Å². The van der Waals surface area contributed by atoms with Gasteiger partial charge in [0, 0.05) is 11.5 Å². The fraction of sp³-hybridized carbons (Fsp3) is 0. The molecule has 0 saturated heterocycles. The van der Waals surface area contributed by atoms with E-state index < -0.39 is 16.5 Å². The molecule has 1 aromatic heterocycles. The number of carbonyl (C=O) groups excluding carboxylic acids is 1. The van der Waals surface area contributed by atoms with Crippen molar-refractivity contribution < 1.29 is 14.1 Å². The normalized spacial score (nSPS) is 10.6. The van der Waals surface area contributed by atoms with E-state index in [-0.39, 0.29) is 16.2 Å². The number of carbonyl (C=O) groups is 1. The third-order valence-corrected chi connectivity index (χ3v) is 2.49. The Morgan fingerprint density at radius 1 is 1.56 bits per heavy atom. The maximum absolute atomic E-state index is 11.1. The van der Waals surface area contributed by atoms with E-state index in [1.165, 1.54) is 12.3 Å². The van der Waals surface area contributed by atoms with Crippen LogP contribution in [0.15, 0.2) is 22.8 Å². The Morgan fingerprint density at radius 3 is 2.81 bits per heavy atom. The number of nitro groups is 1. The lowest BCUT2D eigenvalue weighted by atomic mass is 10.1. The lowest BCUT2D eigenvalue weighted by Crippen LogP contribution is -2.11. The highest BCUT2D eigenvalue weighted by Gasteiger charge is 2.22. The monoisotopic (exact) mass is 240 g/mol. The van der Waals surface area contributed by atoms with Crippen molar-refractivity contribution in [2.45, 2.75) is 0 Å². The lowest BCUT2D eigenvalue weighted by Gasteiger charge is -2.00. The summed E-state index contributed by atoms with van der Waals surface area (Å²) in [5.41, 5.74) is 4.81. The summed E-state index contributed by atoms with van der Waals surface area (Å²) in [4.78, 5) is 21.1. The minimum Gasteiger partial charge on any atom is -0.462 e. The molecule has 6 nitrogen and oxygen atoms in total. The van der Waals surface area contributed by atoms with E-state index in [9.17, 15) is 14.9 Å². The van der Waals surface area contributed by atoms with Crippen LogP contribution >= 0.6 is 11.6 Å². The van der Waals surface area contributed by atoms with Crippen molar-refractivity contribution >= 4 is 34.2 Å². The summed E-state index contributed by atoms with van der Waals surface area (Å²) < 4.78 is 4.99. The molecule has 2 aromatic rings. The molecule has 0 atom stereocenters. The van der Waals surface area contributed by atoms with E-state index >= 15 is 0 Å². The zero-order chi connectivity index (χ0) is 11.9. The molecule has 2 rings (SSSR count). The summed E-state index contributed by atoms with van der Waals surface area (Å²) in [6, 6.07) is 2.52. The van der Waals surface area contributed by atoms with Gasteiger partial charge in [-0.15, -0.1) is 0 Å². The van der Waals surface area contributed by atoms with Crippen LogP contribution in [0.25, 0.3) is 11.0 Å². The van der Waals surface area contributed by atoms with Gasteiger partial charge in [0.05, 0.1) is 16.7 Å². The van der Waals surface area contributed by atoms with Crippen LogP contribution in [0, 0.1) is 10.1 Å². The van der Waals surface area contributed by atoms with Crippen molar-refractivity contribution in [1.82, 2.24) is 0 Å². The Kier molecular flexibility index (Phi) is 2.28. The molecule has 1 amide bonds. The van der Waals surface area contributed by atoms with Gasteiger partial charge < -0.3 is 10.2 Å². The number of halogens is 1. The number of hydrogen-bond donors (Lipinski definition) is 1. The van der Waals surface area contributed by atoms with E-state index in [1.807, 2.05) is 0 Å². The smallest absolute Gasteiger partial charge is 0.292 e. The molecule has 82 valence electrons. The standard InChI is InChI=1S/C9H5ClN2O4/c10-7-6(12(14)15)3-5(9(11)13)4-1-2-16-8(4)7/h1-3H,(H2,11,13). The molecule has 16 heavy (non-hydrogen) atoms. The maximum atomic E-state index is 11.1. The first-order valence-corrected chi connectivity index (χ1v) is 4.54. The van der Waals surface area contributed by atoms with Crippen LogP contribution in [0.3, 0.4) is 0 Å². The quantitative estimate of drug-likeness (QED) is 0.642. The van der Waals surface area contributed by atoms with Gasteiger partial charge in [0.1, 0.15) is 0 Å². The summed E-state index contributed by atoms with van der Waals surface area (Å²) in [5, 5.41) is 10.9. The van der Waals surface area contributed by atoms with Crippen molar-refractivity contribution in [3.8, 4) is 0 Å². The highest BCUT2D eigenvalue weighted by atomic mass is 35.5.